The quantitative estimate of drug-likeness (QED) is 0.530. The van der Waals surface area contributed by atoms with Crippen LogP contribution in [0.25, 0.3) is 0 Å². The van der Waals surface area contributed by atoms with Gasteiger partial charge in [0.2, 0.25) is 0 Å². The maximum Gasteiger partial charge on any atom is 0.0115 e. The molecule has 0 aromatic heterocycles. The van der Waals surface area contributed by atoms with Gasteiger partial charge in [-0.15, -0.1) is 0 Å². The first-order valence-corrected chi connectivity index (χ1v) is 3.29. The van der Waals surface area contributed by atoms with Crippen LogP contribution < -0.4 is 4.90 Å². The molecule has 1 aromatic rings. The van der Waals surface area contributed by atoms with E-state index < -0.39 is 0 Å². The number of nitrogens with zero attached hydrogens (tertiary/aromatic N) is 1. The predicted octanol–water partition coefficient (Wildman–Crippen LogP) is 1.93. The molecule has 0 aliphatic carbocycles. The van der Waals surface area contributed by atoms with Crippen molar-refractivity contribution in [3.05, 3.63) is 36.8 Å². The molecule has 54 valence electrons. The molecule has 1 aromatic carbocycles. The highest BCUT2D eigenvalue weighted by Gasteiger charge is 1.86. The number of benzene rings is 1. The molecule has 0 saturated heterocycles. The van der Waals surface area contributed by atoms with Crippen LogP contribution in [0.1, 0.15) is 5.56 Å². The SMILES string of the molecule is [CH2-]c1ccc(N(C)C)cc1. The number of rotatable bonds is 1. The summed E-state index contributed by atoms with van der Waals surface area (Å²) in [6, 6.07) is 8.13. The molecule has 0 N–H and O–H groups in total. The lowest BCUT2D eigenvalue weighted by atomic mass is 10.2. The van der Waals surface area contributed by atoms with E-state index >= 15 is 0 Å². The minimum Gasteiger partial charge on any atom is -0.379 e. The molecule has 1 heteroatoms. The summed E-state index contributed by atoms with van der Waals surface area (Å²) in [6.45, 7) is 3.80. The lowest BCUT2D eigenvalue weighted by Gasteiger charge is -2.14. The summed E-state index contributed by atoms with van der Waals surface area (Å²) in [5.41, 5.74) is 2.28. The van der Waals surface area contributed by atoms with Gasteiger partial charge in [-0.05, 0) is 0 Å². The van der Waals surface area contributed by atoms with E-state index in [0.717, 1.165) is 5.56 Å². The second kappa shape index (κ2) is 2.65. The molecular formula is C9H12N-. The van der Waals surface area contributed by atoms with Gasteiger partial charge in [0, 0.05) is 19.8 Å². The minimum absolute atomic E-state index is 1.06. The van der Waals surface area contributed by atoms with E-state index in [2.05, 4.69) is 24.0 Å². The third-order valence-electron chi connectivity index (χ3n) is 1.45. The molecule has 0 spiro atoms. The van der Waals surface area contributed by atoms with Crippen molar-refractivity contribution in [1.82, 2.24) is 0 Å². The molecule has 0 fully saturated rings. The summed E-state index contributed by atoms with van der Waals surface area (Å²) in [7, 11) is 4.05. The largest absolute Gasteiger partial charge is 0.379 e. The topological polar surface area (TPSA) is 3.24 Å². The maximum atomic E-state index is 3.80. The molecule has 0 bridgehead atoms. The fourth-order valence-electron chi connectivity index (χ4n) is 0.794. The van der Waals surface area contributed by atoms with Gasteiger partial charge in [0.15, 0.2) is 0 Å². The standard InChI is InChI=1S/C9H12N/c1-8-4-6-9(7-5-8)10(2)3/h4-7H,1H2,2-3H3/q-1. The second-order valence-electron chi connectivity index (χ2n) is 2.56. The first-order valence-electron chi connectivity index (χ1n) is 3.29. The minimum atomic E-state index is 1.06. The van der Waals surface area contributed by atoms with Gasteiger partial charge in [-0.25, -0.2) is 0 Å². The molecular weight excluding hydrogens is 122 g/mol. The third-order valence-corrected chi connectivity index (χ3v) is 1.45. The molecule has 0 aliphatic rings. The predicted molar refractivity (Wildman–Crippen MR) is 45.2 cm³/mol. The molecule has 10 heavy (non-hydrogen) atoms. The molecule has 0 aliphatic heterocycles. The third kappa shape index (κ3) is 1.44. The van der Waals surface area contributed by atoms with Gasteiger partial charge in [-0.3, -0.25) is 0 Å². The lowest BCUT2D eigenvalue weighted by Crippen LogP contribution is -2.07. The Balaban J connectivity index is 2.89. The Kier molecular flexibility index (Phi) is 1.86. The number of hydrogen-bond acceptors (Lipinski definition) is 1. The Morgan fingerprint density at radius 2 is 1.60 bits per heavy atom. The van der Waals surface area contributed by atoms with E-state index in [0.29, 0.717) is 0 Å². The van der Waals surface area contributed by atoms with Crippen LogP contribution in [0, 0.1) is 6.92 Å². The van der Waals surface area contributed by atoms with Crippen LogP contribution in [0.2, 0.25) is 0 Å². The fraction of sp³-hybridized carbons (Fsp3) is 0.222. The van der Waals surface area contributed by atoms with Crippen molar-refractivity contribution in [2.24, 2.45) is 0 Å². The van der Waals surface area contributed by atoms with Crippen molar-refractivity contribution in [2.75, 3.05) is 19.0 Å². The van der Waals surface area contributed by atoms with Crippen LogP contribution in [0.4, 0.5) is 5.69 Å². The second-order valence-corrected chi connectivity index (χ2v) is 2.56. The van der Waals surface area contributed by atoms with Crippen LogP contribution in [-0.2, 0) is 0 Å². The van der Waals surface area contributed by atoms with Gasteiger partial charge in [-0.2, -0.15) is 24.6 Å². The zero-order chi connectivity index (χ0) is 7.56. The molecule has 0 saturated carbocycles. The van der Waals surface area contributed by atoms with Gasteiger partial charge in [-0.1, -0.05) is 12.1 Å². The Morgan fingerprint density at radius 3 is 2.00 bits per heavy atom. The van der Waals surface area contributed by atoms with Crippen LogP contribution in [0.5, 0.6) is 0 Å². The van der Waals surface area contributed by atoms with Crippen molar-refractivity contribution in [3.8, 4) is 0 Å². The van der Waals surface area contributed by atoms with Crippen molar-refractivity contribution in [3.63, 3.8) is 0 Å². The zero-order valence-corrected chi connectivity index (χ0v) is 6.46. The van der Waals surface area contributed by atoms with Crippen LogP contribution in [0.15, 0.2) is 24.3 Å². The summed E-state index contributed by atoms with van der Waals surface area (Å²) in [6.07, 6.45) is 0. The highest BCUT2D eigenvalue weighted by Crippen LogP contribution is 2.10. The van der Waals surface area contributed by atoms with Crippen LogP contribution in [0.3, 0.4) is 0 Å². The molecule has 1 nitrogen and oxygen atoms in total. The van der Waals surface area contributed by atoms with E-state index in [1.807, 2.05) is 26.2 Å². The zero-order valence-electron chi connectivity index (χ0n) is 6.46. The first-order chi connectivity index (χ1) is 4.70. The van der Waals surface area contributed by atoms with Crippen LogP contribution >= 0.6 is 0 Å². The van der Waals surface area contributed by atoms with Gasteiger partial charge in [0.25, 0.3) is 0 Å². The van der Waals surface area contributed by atoms with Gasteiger partial charge < -0.3 is 4.90 Å². The lowest BCUT2D eigenvalue weighted by molar-refractivity contribution is 1.13. The normalized spacial score (nSPS) is 9.40. The van der Waals surface area contributed by atoms with Gasteiger partial charge >= 0.3 is 0 Å². The van der Waals surface area contributed by atoms with Gasteiger partial charge in [0.05, 0.1) is 0 Å². The summed E-state index contributed by atoms with van der Waals surface area (Å²) in [5, 5.41) is 0. The van der Waals surface area contributed by atoms with Gasteiger partial charge in [0.1, 0.15) is 0 Å². The molecule has 0 radical (unpaired) electrons. The summed E-state index contributed by atoms with van der Waals surface area (Å²) in [5.74, 6) is 0. The van der Waals surface area contributed by atoms with Crippen molar-refractivity contribution in [1.29, 1.82) is 0 Å². The van der Waals surface area contributed by atoms with Crippen molar-refractivity contribution < 1.29 is 0 Å². The maximum absolute atomic E-state index is 3.80. The molecule has 0 unspecified atom stereocenters. The Morgan fingerprint density at radius 1 is 1.10 bits per heavy atom. The smallest absolute Gasteiger partial charge is 0.0115 e. The highest BCUT2D eigenvalue weighted by atomic mass is 15.1. The summed E-state index contributed by atoms with van der Waals surface area (Å²) >= 11 is 0. The van der Waals surface area contributed by atoms with E-state index in [1.54, 1.807) is 0 Å². The Labute approximate surface area is 62.3 Å². The van der Waals surface area contributed by atoms with Crippen molar-refractivity contribution in [2.45, 2.75) is 0 Å². The number of anilines is 1. The number of hydrogen-bond donors (Lipinski definition) is 0. The molecule has 1 rings (SSSR count). The summed E-state index contributed by atoms with van der Waals surface area (Å²) in [4.78, 5) is 2.07. The monoisotopic (exact) mass is 134 g/mol. The van der Waals surface area contributed by atoms with Crippen molar-refractivity contribution >= 4 is 5.69 Å². The molecule has 0 atom stereocenters. The van der Waals surface area contributed by atoms with E-state index in [1.165, 1.54) is 5.69 Å². The fourth-order valence-corrected chi connectivity index (χ4v) is 0.794. The summed E-state index contributed by atoms with van der Waals surface area (Å²) < 4.78 is 0. The molecule has 0 heterocycles. The first kappa shape index (κ1) is 7.00. The Hall–Kier alpha value is -1.11. The van der Waals surface area contributed by atoms with E-state index in [4.69, 9.17) is 0 Å². The van der Waals surface area contributed by atoms with E-state index in [9.17, 15) is 0 Å². The highest BCUT2D eigenvalue weighted by molar-refractivity contribution is 5.46. The average molecular weight is 134 g/mol. The van der Waals surface area contributed by atoms with E-state index in [-0.39, 0.29) is 0 Å². The average Bonchev–Trinajstić information content (AvgIpc) is 1.88. The van der Waals surface area contributed by atoms with Crippen LogP contribution in [-0.4, -0.2) is 14.1 Å². The Bertz CT molecular complexity index is 198. The molecule has 0 amide bonds.